The van der Waals surface area contributed by atoms with Gasteiger partial charge in [0.1, 0.15) is 5.75 Å². The Kier molecular flexibility index (Phi) is 4.93. The smallest absolute Gasteiger partial charge is 0.226 e. The number of anilines is 1. The molecule has 0 saturated carbocycles. The second kappa shape index (κ2) is 6.89. The molecule has 0 saturated heterocycles. The van der Waals surface area contributed by atoms with E-state index < -0.39 is 0 Å². The van der Waals surface area contributed by atoms with Crippen LogP contribution in [0.25, 0.3) is 0 Å². The predicted molar refractivity (Wildman–Crippen MR) is 81.4 cm³/mol. The van der Waals surface area contributed by atoms with Gasteiger partial charge in [-0.25, -0.2) is 4.98 Å². The van der Waals surface area contributed by atoms with Crippen molar-refractivity contribution in [2.75, 3.05) is 11.9 Å². The zero-order chi connectivity index (χ0) is 14.4. The van der Waals surface area contributed by atoms with Crippen LogP contribution in [0.3, 0.4) is 0 Å². The molecule has 2 rings (SSSR count). The lowest BCUT2D eigenvalue weighted by molar-refractivity contribution is 0.456. The number of nitrogens with zero attached hydrogens (tertiary/aromatic N) is 2. The lowest BCUT2D eigenvalue weighted by atomic mass is 10.1. The van der Waals surface area contributed by atoms with E-state index in [9.17, 15) is 0 Å². The summed E-state index contributed by atoms with van der Waals surface area (Å²) in [5.74, 6) is 2.06. The van der Waals surface area contributed by atoms with Crippen molar-refractivity contribution in [3.8, 4) is 11.6 Å². The Morgan fingerprint density at radius 3 is 2.70 bits per heavy atom. The van der Waals surface area contributed by atoms with Crippen LogP contribution in [0.2, 0.25) is 0 Å². The molecule has 0 aliphatic carbocycles. The van der Waals surface area contributed by atoms with Crippen LogP contribution in [-0.4, -0.2) is 16.5 Å². The van der Waals surface area contributed by atoms with Gasteiger partial charge in [-0.15, -0.1) is 0 Å². The van der Waals surface area contributed by atoms with Crippen molar-refractivity contribution in [2.24, 2.45) is 0 Å². The highest BCUT2D eigenvalue weighted by Gasteiger charge is 2.06. The van der Waals surface area contributed by atoms with Gasteiger partial charge >= 0.3 is 0 Å². The summed E-state index contributed by atoms with van der Waals surface area (Å²) in [7, 11) is 0. The molecule has 0 radical (unpaired) electrons. The van der Waals surface area contributed by atoms with E-state index in [0.717, 1.165) is 30.8 Å². The fourth-order valence-corrected chi connectivity index (χ4v) is 1.92. The minimum absolute atomic E-state index is 0.581. The fraction of sp³-hybridized carbons (Fsp3) is 0.375. The normalized spacial score (nSPS) is 10.3. The summed E-state index contributed by atoms with van der Waals surface area (Å²) in [6.45, 7) is 7.02. The van der Waals surface area contributed by atoms with E-state index in [1.54, 1.807) is 0 Å². The quantitative estimate of drug-likeness (QED) is 0.863. The number of aromatic nitrogens is 2. The molecule has 1 aromatic carbocycles. The van der Waals surface area contributed by atoms with Gasteiger partial charge in [0.25, 0.3) is 0 Å². The molecule has 0 fully saturated rings. The second-order valence-corrected chi connectivity index (χ2v) is 4.66. The van der Waals surface area contributed by atoms with Gasteiger partial charge in [-0.2, -0.15) is 4.98 Å². The Labute approximate surface area is 120 Å². The first-order chi connectivity index (χ1) is 9.72. The third kappa shape index (κ3) is 3.70. The van der Waals surface area contributed by atoms with Crippen molar-refractivity contribution in [2.45, 2.75) is 33.6 Å². The Morgan fingerprint density at radius 2 is 1.95 bits per heavy atom. The van der Waals surface area contributed by atoms with Gasteiger partial charge in [-0.05, 0) is 31.4 Å². The summed E-state index contributed by atoms with van der Waals surface area (Å²) >= 11 is 0. The molecule has 1 heterocycles. The van der Waals surface area contributed by atoms with Gasteiger partial charge in [0.2, 0.25) is 11.8 Å². The van der Waals surface area contributed by atoms with Crippen LogP contribution in [0.5, 0.6) is 11.6 Å². The van der Waals surface area contributed by atoms with Gasteiger partial charge < -0.3 is 10.1 Å². The lowest BCUT2D eigenvalue weighted by Crippen LogP contribution is -2.06. The maximum atomic E-state index is 5.91. The van der Waals surface area contributed by atoms with Crippen molar-refractivity contribution < 1.29 is 4.74 Å². The van der Waals surface area contributed by atoms with E-state index in [1.165, 1.54) is 5.56 Å². The van der Waals surface area contributed by atoms with Gasteiger partial charge in [0.15, 0.2) is 0 Å². The average molecular weight is 271 g/mol. The summed E-state index contributed by atoms with van der Waals surface area (Å²) in [6, 6.07) is 9.88. The van der Waals surface area contributed by atoms with Gasteiger partial charge in [-0.3, -0.25) is 0 Å². The molecule has 4 heteroatoms. The van der Waals surface area contributed by atoms with Gasteiger partial charge in [-0.1, -0.05) is 32.0 Å². The Balaban J connectivity index is 2.22. The SMILES string of the molecule is CCCNc1nc(C)cc(Oc2ccccc2CC)n1. The molecule has 1 N–H and O–H groups in total. The Hall–Kier alpha value is -2.10. The molecule has 0 aliphatic rings. The second-order valence-electron chi connectivity index (χ2n) is 4.66. The number of ether oxygens (including phenoxy) is 1. The molecule has 1 aromatic heterocycles. The minimum Gasteiger partial charge on any atom is -0.439 e. The van der Waals surface area contributed by atoms with Crippen LogP contribution in [0.4, 0.5) is 5.95 Å². The van der Waals surface area contributed by atoms with Gasteiger partial charge in [0, 0.05) is 18.3 Å². The van der Waals surface area contributed by atoms with E-state index in [-0.39, 0.29) is 0 Å². The van der Waals surface area contributed by atoms with Crippen molar-refractivity contribution in [3.63, 3.8) is 0 Å². The van der Waals surface area contributed by atoms with Crippen LogP contribution in [-0.2, 0) is 6.42 Å². The Bertz CT molecular complexity index is 569. The van der Waals surface area contributed by atoms with Crippen LogP contribution >= 0.6 is 0 Å². The molecule has 0 atom stereocenters. The zero-order valence-corrected chi connectivity index (χ0v) is 12.3. The highest BCUT2D eigenvalue weighted by molar-refractivity contribution is 5.38. The van der Waals surface area contributed by atoms with E-state index >= 15 is 0 Å². The highest BCUT2D eigenvalue weighted by Crippen LogP contribution is 2.25. The van der Waals surface area contributed by atoms with Crippen LogP contribution in [0.15, 0.2) is 30.3 Å². The molecule has 4 nitrogen and oxygen atoms in total. The van der Waals surface area contributed by atoms with Crippen LogP contribution in [0.1, 0.15) is 31.5 Å². The van der Waals surface area contributed by atoms with E-state index in [4.69, 9.17) is 4.74 Å². The molecular formula is C16H21N3O. The average Bonchev–Trinajstić information content (AvgIpc) is 2.45. The summed E-state index contributed by atoms with van der Waals surface area (Å²) in [6.07, 6.45) is 1.97. The first-order valence-electron chi connectivity index (χ1n) is 7.08. The minimum atomic E-state index is 0.581. The van der Waals surface area contributed by atoms with Crippen molar-refractivity contribution in [1.29, 1.82) is 0 Å². The number of rotatable bonds is 6. The molecule has 0 aliphatic heterocycles. The number of para-hydroxylation sites is 1. The van der Waals surface area contributed by atoms with Crippen molar-refractivity contribution in [3.05, 3.63) is 41.6 Å². The summed E-state index contributed by atoms with van der Waals surface area (Å²) < 4.78 is 5.91. The molecule has 20 heavy (non-hydrogen) atoms. The summed E-state index contributed by atoms with van der Waals surface area (Å²) in [4.78, 5) is 8.75. The first-order valence-corrected chi connectivity index (χ1v) is 7.08. The van der Waals surface area contributed by atoms with Crippen LogP contribution in [0, 0.1) is 6.92 Å². The highest BCUT2D eigenvalue weighted by atomic mass is 16.5. The van der Waals surface area contributed by atoms with Crippen LogP contribution < -0.4 is 10.1 Å². The fourth-order valence-electron chi connectivity index (χ4n) is 1.92. The lowest BCUT2D eigenvalue weighted by Gasteiger charge is -2.11. The number of hydrogen-bond donors (Lipinski definition) is 1. The Morgan fingerprint density at radius 1 is 1.15 bits per heavy atom. The molecule has 2 aromatic rings. The first kappa shape index (κ1) is 14.3. The largest absolute Gasteiger partial charge is 0.439 e. The monoisotopic (exact) mass is 271 g/mol. The van der Waals surface area contributed by atoms with E-state index in [2.05, 4.69) is 35.2 Å². The maximum absolute atomic E-state index is 5.91. The number of aryl methyl sites for hydroxylation is 2. The van der Waals surface area contributed by atoms with Crippen molar-refractivity contribution in [1.82, 2.24) is 9.97 Å². The molecular weight excluding hydrogens is 250 g/mol. The number of hydrogen-bond acceptors (Lipinski definition) is 4. The molecule has 0 amide bonds. The number of nitrogens with one attached hydrogen (secondary N) is 1. The third-order valence-electron chi connectivity index (χ3n) is 2.93. The zero-order valence-electron chi connectivity index (χ0n) is 12.3. The topological polar surface area (TPSA) is 47.0 Å². The third-order valence-corrected chi connectivity index (χ3v) is 2.93. The molecule has 0 spiro atoms. The van der Waals surface area contributed by atoms with E-state index in [1.807, 2.05) is 31.2 Å². The molecule has 0 bridgehead atoms. The molecule has 106 valence electrons. The summed E-state index contributed by atoms with van der Waals surface area (Å²) in [5.41, 5.74) is 2.06. The maximum Gasteiger partial charge on any atom is 0.226 e. The predicted octanol–water partition coefficient (Wildman–Crippen LogP) is 3.96. The summed E-state index contributed by atoms with van der Waals surface area (Å²) in [5, 5.41) is 3.19. The van der Waals surface area contributed by atoms with Crippen molar-refractivity contribution >= 4 is 5.95 Å². The van der Waals surface area contributed by atoms with Gasteiger partial charge in [0.05, 0.1) is 0 Å². The molecule has 0 unspecified atom stereocenters. The standard InChI is InChI=1S/C16H21N3O/c1-4-10-17-16-18-12(3)11-15(19-16)20-14-9-7-6-8-13(14)5-2/h6-9,11H,4-5,10H2,1-3H3,(H,17,18,19). The van der Waals surface area contributed by atoms with E-state index in [0.29, 0.717) is 11.8 Å². The number of benzene rings is 1.